The van der Waals surface area contributed by atoms with E-state index in [0.717, 1.165) is 22.1 Å². The van der Waals surface area contributed by atoms with Crippen LogP contribution in [0.1, 0.15) is 20.7 Å². The van der Waals surface area contributed by atoms with E-state index in [-0.39, 0.29) is 15.5 Å². The zero-order valence-corrected chi connectivity index (χ0v) is 19.0. The van der Waals surface area contributed by atoms with Crippen LogP contribution in [0.5, 0.6) is 5.75 Å². The average molecular weight is 482 g/mol. The number of ether oxygens (including phenoxy) is 1. The molecule has 4 rings (SSSR count). The maximum Gasteiger partial charge on any atom is 0.271 e. The number of amides is 2. The number of hydrazine groups is 1. The van der Waals surface area contributed by atoms with Gasteiger partial charge in [-0.3, -0.25) is 25.2 Å². The molecule has 33 heavy (non-hydrogen) atoms. The van der Waals surface area contributed by atoms with Gasteiger partial charge < -0.3 is 4.74 Å². The van der Waals surface area contributed by atoms with Gasteiger partial charge in [-0.25, -0.2) is 8.42 Å². The van der Waals surface area contributed by atoms with E-state index in [1.807, 2.05) is 18.2 Å². The van der Waals surface area contributed by atoms with Crippen molar-refractivity contribution >= 4 is 49.6 Å². The first-order chi connectivity index (χ1) is 15.9. The van der Waals surface area contributed by atoms with Gasteiger partial charge in [0.25, 0.3) is 21.8 Å². The van der Waals surface area contributed by atoms with Gasteiger partial charge in [0.15, 0.2) is 0 Å². The van der Waals surface area contributed by atoms with Crippen molar-refractivity contribution < 1.29 is 22.7 Å². The summed E-state index contributed by atoms with van der Waals surface area (Å²) in [5, 5.41) is 3.14. The number of hydrogen-bond donors (Lipinski definition) is 3. The fraction of sp³-hybridized carbons (Fsp3) is 0.0435. The number of anilines is 1. The van der Waals surface area contributed by atoms with Gasteiger partial charge in [0, 0.05) is 5.56 Å². The Hall–Kier alpha value is -3.89. The van der Waals surface area contributed by atoms with Gasteiger partial charge >= 0.3 is 0 Å². The largest absolute Gasteiger partial charge is 0.497 e. The van der Waals surface area contributed by atoms with Crippen molar-refractivity contribution in [3.8, 4) is 5.75 Å². The van der Waals surface area contributed by atoms with E-state index in [1.165, 1.54) is 13.2 Å². The van der Waals surface area contributed by atoms with Crippen molar-refractivity contribution in [2.24, 2.45) is 0 Å². The first kappa shape index (κ1) is 22.3. The Morgan fingerprint density at radius 3 is 2.15 bits per heavy atom. The number of sulfonamides is 1. The van der Waals surface area contributed by atoms with Crippen molar-refractivity contribution in [3.05, 3.63) is 89.3 Å². The van der Waals surface area contributed by atoms with Gasteiger partial charge in [0.1, 0.15) is 9.96 Å². The number of carbonyl (C=O) groups excluding carboxylic acids is 2. The second-order valence-corrected chi connectivity index (χ2v) is 9.78. The van der Waals surface area contributed by atoms with Gasteiger partial charge in [-0.15, -0.1) is 11.3 Å². The molecule has 4 aromatic rings. The van der Waals surface area contributed by atoms with Crippen molar-refractivity contribution in [2.45, 2.75) is 4.21 Å². The molecule has 0 fully saturated rings. The molecule has 0 saturated heterocycles. The minimum absolute atomic E-state index is 0.0591. The predicted molar refractivity (Wildman–Crippen MR) is 127 cm³/mol. The molecule has 0 radical (unpaired) electrons. The van der Waals surface area contributed by atoms with Crippen LogP contribution in [0.3, 0.4) is 0 Å². The van der Waals surface area contributed by atoms with Crippen LogP contribution < -0.4 is 20.3 Å². The number of benzene rings is 3. The number of thiophene rings is 1. The van der Waals surface area contributed by atoms with E-state index >= 15 is 0 Å². The lowest BCUT2D eigenvalue weighted by Gasteiger charge is -2.14. The molecule has 1 aromatic heterocycles. The summed E-state index contributed by atoms with van der Waals surface area (Å²) < 4.78 is 33.2. The second kappa shape index (κ2) is 9.31. The molecule has 10 heteroatoms. The monoisotopic (exact) mass is 481 g/mol. The van der Waals surface area contributed by atoms with Crippen molar-refractivity contribution in [3.63, 3.8) is 0 Å². The molecule has 0 unspecified atom stereocenters. The number of methoxy groups -OCH3 is 1. The van der Waals surface area contributed by atoms with Crippen LogP contribution in [0.4, 0.5) is 5.69 Å². The van der Waals surface area contributed by atoms with Crippen LogP contribution in [0.2, 0.25) is 0 Å². The minimum Gasteiger partial charge on any atom is -0.497 e. The van der Waals surface area contributed by atoms with E-state index in [2.05, 4.69) is 15.6 Å². The number of hydrogen-bond acceptors (Lipinski definition) is 6. The number of carbonyl (C=O) groups is 2. The normalized spacial score (nSPS) is 11.1. The Morgan fingerprint density at radius 1 is 0.848 bits per heavy atom. The van der Waals surface area contributed by atoms with Gasteiger partial charge in [-0.2, -0.15) is 0 Å². The van der Waals surface area contributed by atoms with E-state index in [0.29, 0.717) is 11.3 Å². The highest BCUT2D eigenvalue weighted by Crippen LogP contribution is 2.27. The minimum atomic E-state index is -3.89. The molecule has 0 aliphatic heterocycles. The Balaban J connectivity index is 1.60. The summed E-state index contributed by atoms with van der Waals surface area (Å²) in [6.07, 6.45) is 0. The maximum atomic E-state index is 12.9. The molecule has 3 N–H and O–H groups in total. The first-order valence-electron chi connectivity index (χ1n) is 9.71. The van der Waals surface area contributed by atoms with Crippen LogP contribution in [0.25, 0.3) is 10.8 Å². The zero-order valence-electron chi connectivity index (χ0n) is 17.4. The summed E-state index contributed by atoms with van der Waals surface area (Å²) in [7, 11) is -2.37. The molecule has 168 valence electrons. The first-order valence-corrected chi connectivity index (χ1v) is 12.1. The lowest BCUT2D eigenvalue weighted by molar-refractivity contribution is 0.0847. The lowest BCUT2D eigenvalue weighted by Crippen LogP contribution is -2.41. The molecule has 2 amide bonds. The highest BCUT2D eigenvalue weighted by Gasteiger charge is 2.21. The Kier molecular flexibility index (Phi) is 6.29. The fourth-order valence-electron chi connectivity index (χ4n) is 3.12. The van der Waals surface area contributed by atoms with Crippen LogP contribution in [0, 0.1) is 0 Å². The molecule has 8 nitrogen and oxygen atoms in total. The van der Waals surface area contributed by atoms with Gasteiger partial charge in [0.2, 0.25) is 0 Å². The summed E-state index contributed by atoms with van der Waals surface area (Å²) in [5.74, 6) is -0.617. The molecular weight excluding hydrogens is 462 g/mol. The third-order valence-corrected chi connectivity index (χ3v) is 7.54. The highest BCUT2D eigenvalue weighted by molar-refractivity contribution is 7.94. The van der Waals surface area contributed by atoms with Crippen molar-refractivity contribution in [1.82, 2.24) is 10.9 Å². The summed E-state index contributed by atoms with van der Waals surface area (Å²) in [6, 6.07) is 19.8. The number of fused-ring (bicyclic) bond motifs is 1. The molecule has 0 atom stereocenters. The Morgan fingerprint density at radius 2 is 1.52 bits per heavy atom. The Bertz CT molecular complexity index is 1420. The molecule has 0 aliphatic carbocycles. The van der Waals surface area contributed by atoms with E-state index in [4.69, 9.17) is 4.74 Å². The molecule has 1 heterocycles. The summed E-state index contributed by atoms with van der Waals surface area (Å²) in [6.45, 7) is 0. The summed E-state index contributed by atoms with van der Waals surface area (Å²) in [4.78, 5) is 25.3. The molecule has 0 saturated carbocycles. The topological polar surface area (TPSA) is 114 Å². The summed E-state index contributed by atoms with van der Waals surface area (Å²) >= 11 is 1.06. The molecular formula is C23H19N3O5S2. The van der Waals surface area contributed by atoms with E-state index in [1.54, 1.807) is 53.9 Å². The second-order valence-electron chi connectivity index (χ2n) is 6.92. The highest BCUT2D eigenvalue weighted by atomic mass is 32.2. The van der Waals surface area contributed by atoms with Crippen LogP contribution in [0.15, 0.2) is 82.4 Å². The molecule has 0 spiro atoms. The van der Waals surface area contributed by atoms with Crippen molar-refractivity contribution in [2.75, 3.05) is 11.8 Å². The molecule has 0 bridgehead atoms. The van der Waals surface area contributed by atoms with Crippen LogP contribution in [-0.2, 0) is 10.0 Å². The fourth-order valence-corrected chi connectivity index (χ4v) is 5.18. The number of nitrogens with one attached hydrogen (secondary N) is 3. The standard InChI is InChI=1S/C23H19N3O5S2/c1-31-18-10-8-15(9-11-18)22(27)24-25-23(28)19-13-16-5-2-3-6-17(16)14-20(19)26-33(29,30)21-7-4-12-32-21/h2-14,26H,1H3,(H,24,27)(H,25,28). The third-order valence-electron chi connectivity index (χ3n) is 4.78. The molecule has 3 aromatic carbocycles. The number of rotatable bonds is 6. The van der Waals surface area contributed by atoms with Gasteiger partial charge in [0.05, 0.1) is 18.4 Å². The van der Waals surface area contributed by atoms with Gasteiger partial charge in [-0.05, 0) is 58.6 Å². The lowest BCUT2D eigenvalue weighted by atomic mass is 10.0. The third kappa shape index (κ3) is 4.97. The predicted octanol–water partition coefficient (Wildman–Crippen LogP) is 3.79. The quantitative estimate of drug-likeness (QED) is 0.363. The maximum absolute atomic E-state index is 12.9. The average Bonchev–Trinajstić information content (AvgIpc) is 3.38. The smallest absolute Gasteiger partial charge is 0.271 e. The molecule has 0 aliphatic rings. The van der Waals surface area contributed by atoms with Gasteiger partial charge in [-0.1, -0.05) is 30.3 Å². The van der Waals surface area contributed by atoms with E-state index < -0.39 is 21.8 Å². The van der Waals surface area contributed by atoms with Crippen molar-refractivity contribution in [1.29, 1.82) is 0 Å². The Labute approximate surface area is 194 Å². The van der Waals surface area contributed by atoms with E-state index in [9.17, 15) is 18.0 Å². The van der Waals surface area contributed by atoms with Crippen LogP contribution >= 0.6 is 11.3 Å². The van der Waals surface area contributed by atoms with Crippen LogP contribution in [-0.4, -0.2) is 27.3 Å². The summed E-state index contributed by atoms with van der Waals surface area (Å²) in [5.41, 5.74) is 5.16. The SMILES string of the molecule is COc1ccc(C(=O)NNC(=O)c2cc3ccccc3cc2NS(=O)(=O)c2cccs2)cc1. The zero-order chi connectivity index (χ0) is 23.4.